The number of nitrogen functional groups attached to an aromatic ring is 1. The number of pyridine rings is 1. The van der Waals surface area contributed by atoms with Crippen LogP contribution in [0.2, 0.25) is 0 Å². The van der Waals surface area contributed by atoms with Gasteiger partial charge in [0.25, 0.3) is 0 Å². The van der Waals surface area contributed by atoms with Crippen molar-refractivity contribution in [3.63, 3.8) is 0 Å². The molecule has 3 aliphatic rings. The molecule has 0 atom stereocenters. The third-order valence-corrected chi connectivity index (χ3v) is 6.00. The summed E-state index contributed by atoms with van der Waals surface area (Å²) in [4.78, 5) is 19.3. The van der Waals surface area contributed by atoms with E-state index in [1.165, 1.54) is 6.20 Å². The zero-order valence-corrected chi connectivity index (χ0v) is 16.2. The molecule has 0 spiro atoms. The SMILES string of the molecule is Nc1ncc(-c2cn(CCCCCC34CC(F)(C3)C4)c(C=O)n2)cc1OC(F)(F)F. The van der Waals surface area contributed by atoms with E-state index in [2.05, 4.69) is 14.7 Å². The van der Waals surface area contributed by atoms with E-state index in [9.17, 15) is 22.4 Å². The standard InChI is InChI=1S/C20H22F4N4O2/c21-19-10-18(11-19,12-19)4-2-1-3-5-28-8-14(27-16(28)9-29)13-6-15(17(25)26-7-13)30-20(22,23)24/h6-9H,1-5,10-12H2,(H2,25,26). The van der Waals surface area contributed by atoms with E-state index in [0.29, 0.717) is 37.8 Å². The lowest BCUT2D eigenvalue weighted by Crippen LogP contribution is -2.64. The summed E-state index contributed by atoms with van der Waals surface area (Å²) in [6.45, 7) is 0.551. The summed E-state index contributed by atoms with van der Waals surface area (Å²) >= 11 is 0. The summed E-state index contributed by atoms with van der Waals surface area (Å²) in [5, 5.41) is 0. The van der Waals surface area contributed by atoms with Gasteiger partial charge in [-0.15, -0.1) is 13.2 Å². The zero-order valence-electron chi connectivity index (χ0n) is 16.2. The van der Waals surface area contributed by atoms with Crippen LogP contribution in [0.25, 0.3) is 11.3 Å². The molecule has 162 valence electrons. The number of halogens is 4. The van der Waals surface area contributed by atoms with Gasteiger partial charge in [0.15, 0.2) is 23.7 Å². The van der Waals surface area contributed by atoms with Crippen molar-refractivity contribution in [1.82, 2.24) is 14.5 Å². The van der Waals surface area contributed by atoms with Gasteiger partial charge in [0.1, 0.15) is 5.67 Å². The molecule has 0 radical (unpaired) electrons. The Morgan fingerprint density at radius 2 is 1.97 bits per heavy atom. The van der Waals surface area contributed by atoms with Crippen LogP contribution in [-0.4, -0.2) is 32.9 Å². The molecule has 30 heavy (non-hydrogen) atoms. The van der Waals surface area contributed by atoms with Crippen molar-refractivity contribution in [1.29, 1.82) is 0 Å². The quantitative estimate of drug-likeness (QED) is 0.357. The number of carbonyl (C=O) groups excluding carboxylic acids is 1. The van der Waals surface area contributed by atoms with Crippen molar-refractivity contribution < 1.29 is 27.1 Å². The number of unbranched alkanes of at least 4 members (excludes halogenated alkanes) is 2. The Labute approximate surface area is 170 Å². The molecule has 0 aromatic carbocycles. The Bertz CT molecular complexity index is 937. The number of carbonyl (C=O) groups is 1. The number of anilines is 1. The lowest BCUT2D eigenvalue weighted by Gasteiger charge is -2.66. The number of nitrogens with zero attached hydrogens (tertiary/aromatic N) is 3. The van der Waals surface area contributed by atoms with Crippen molar-refractivity contribution in [2.24, 2.45) is 5.41 Å². The van der Waals surface area contributed by atoms with Crippen LogP contribution in [0.5, 0.6) is 5.75 Å². The number of aryl methyl sites for hydroxylation is 1. The smallest absolute Gasteiger partial charge is 0.402 e. The topological polar surface area (TPSA) is 83.0 Å². The minimum absolute atomic E-state index is 0.180. The number of ether oxygens (including phenoxy) is 1. The molecule has 5 rings (SSSR count). The van der Waals surface area contributed by atoms with Crippen LogP contribution < -0.4 is 10.5 Å². The van der Waals surface area contributed by atoms with Crippen LogP contribution in [0.4, 0.5) is 23.4 Å². The zero-order chi connectivity index (χ0) is 21.6. The van der Waals surface area contributed by atoms with Crippen LogP contribution in [0.1, 0.15) is 55.6 Å². The van der Waals surface area contributed by atoms with E-state index in [-0.39, 0.29) is 16.8 Å². The first-order valence-corrected chi connectivity index (χ1v) is 9.83. The van der Waals surface area contributed by atoms with Gasteiger partial charge in [-0.1, -0.05) is 12.8 Å². The first-order chi connectivity index (χ1) is 14.1. The third kappa shape index (κ3) is 4.13. The van der Waals surface area contributed by atoms with E-state index in [1.807, 2.05) is 0 Å². The minimum Gasteiger partial charge on any atom is -0.402 e. The molecule has 0 unspecified atom stereocenters. The molecule has 2 N–H and O–H groups in total. The number of alkyl halides is 4. The van der Waals surface area contributed by atoms with Gasteiger partial charge in [-0.2, -0.15) is 0 Å². The summed E-state index contributed by atoms with van der Waals surface area (Å²) in [6.07, 6.45) is 4.50. The summed E-state index contributed by atoms with van der Waals surface area (Å²) in [5.41, 5.74) is 5.38. The van der Waals surface area contributed by atoms with Gasteiger partial charge >= 0.3 is 6.36 Å². The molecule has 2 heterocycles. The Hall–Kier alpha value is -2.65. The Morgan fingerprint density at radius 1 is 1.23 bits per heavy atom. The number of hydrogen-bond acceptors (Lipinski definition) is 5. The van der Waals surface area contributed by atoms with Gasteiger partial charge < -0.3 is 15.0 Å². The molecule has 3 aliphatic carbocycles. The van der Waals surface area contributed by atoms with E-state index in [1.54, 1.807) is 10.8 Å². The lowest BCUT2D eigenvalue weighted by atomic mass is 9.41. The average molecular weight is 426 g/mol. The summed E-state index contributed by atoms with van der Waals surface area (Å²) in [6, 6.07) is 1.10. The maximum atomic E-state index is 13.5. The molecular formula is C20H22F4N4O2. The maximum Gasteiger partial charge on any atom is 0.573 e. The highest BCUT2D eigenvalue weighted by molar-refractivity contribution is 5.73. The molecule has 3 fully saturated rings. The van der Waals surface area contributed by atoms with E-state index in [4.69, 9.17) is 5.73 Å². The molecule has 2 aromatic rings. The van der Waals surface area contributed by atoms with E-state index < -0.39 is 23.6 Å². The number of nitrogens with two attached hydrogens (primary N) is 1. The van der Waals surface area contributed by atoms with Crippen LogP contribution in [0.15, 0.2) is 18.5 Å². The second-order valence-electron chi connectivity index (χ2n) is 8.44. The molecule has 6 nitrogen and oxygen atoms in total. The van der Waals surface area contributed by atoms with Gasteiger partial charge in [0.05, 0.1) is 5.69 Å². The molecule has 0 saturated heterocycles. The molecule has 3 saturated carbocycles. The fourth-order valence-electron chi connectivity index (χ4n) is 4.73. The van der Waals surface area contributed by atoms with Crippen LogP contribution in [0.3, 0.4) is 0 Å². The predicted molar refractivity (Wildman–Crippen MR) is 101 cm³/mol. The monoisotopic (exact) mass is 426 g/mol. The van der Waals surface area contributed by atoms with Crippen molar-refractivity contribution in [3.05, 3.63) is 24.3 Å². The van der Waals surface area contributed by atoms with Crippen LogP contribution >= 0.6 is 0 Å². The van der Waals surface area contributed by atoms with Crippen molar-refractivity contribution >= 4 is 12.1 Å². The fourth-order valence-corrected chi connectivity index (χ4v) is 4.73. The largest absolute Gasteiger partial charge is 0.573 e. The number of rotatable bonds is 9. The number of hydrogen-bond donors (Lipinski definition) is 1. The van der Waals surface area contributed by atoms with Crippen LogP contribution in [0, 0.1) is 5.41 Å². The van der Waals surface area contributed by atoms with Gasteiger partial charge in [-0.3, -0.25) is 4.79 Å². The normalized spacial score (nSPS) is 24.8. The number of aldehydes is 1. The Morgan fingerprint density at radius 3 is 2.60 bits per heavy atom. The van der Waals surface area contributed by atoms with E-state index in [0.717, 1.165) is 31.7 Å². The third-order valence-electron chi connectivity index (χ3n) is 6.00. The molecule has 0 amide bonds. The second kappa shape index (κ2) is 7.24. The lowest BCUT2D eigenvalue weighted by molar-refractivity contribution is -0.274. The minimum atomic E-state index is -4.90. The summed E-state index contributed by atoms with van der Waals surface area (Å²) in [5.74, 6) is -0.835. The highest BCUT2D eigenvalue weighted by atomic mass is 19.4. The van der Waals surface area contributed by atoms with Gasteiger partial charge in [0.2, 0.25) is 0 Å². The van der Waals surface area contributed by atoms with Crippen molar-refractivity contribution in [2.75, 3.05) is 5.73 Å². The Kier molecular flexibility index (Phi) is 4.98. The maximum absolute atomic E-state index is 13.5. The molecule has 10 heteroatoms. The van der Waals surface area contributed by atoms with Crippen molar-refractivity contribution in [2.45, 2.75) is 63.5 Å². The molecule has 2 bridgehead atoms. The number of imidazole rings is 1. The van der Waals surface area contributed by atoms with Gasteiger partial charge in [-0.25, -0.2) is 14.4 Å². The summed E-state index contributed by atoms with van der Waals surface area (Å²) < 4.78 is 56.6. The first-order valence-electron chi connectivity index (χ1n) is 9.83. The summed E-state index contributed by atoms with van der Waals surface area (Å²) in [7, 11) is 0. The van der Waals surface area contributed by atoms with Crippen molar-refractivity contribution in [3.8, 4) is 17.0 Å². The Balaban J connectivity index is 1.36. The second-order valence-corrected chi connectivity index (χ2v) is 8.44. The predicted octanol–water partition coefficient (Wildman–Crippen LogP) is 4.69. The van der Waals surface area contributed by atoms with E-state index >= 15 is 0 Å². The fraction of sp³-hybridized carbons (Fsp3) is 0.550. The van der Waals surface area contributed by atoms with Gasteiger partial charge in [-0.05, 0) is 43.6 Å². The first kappa shape index (κ1) is 20.6. The highest BCUT2D eigenvalue weighted by Gasteiger charge is 2.68. The van der Waals surface area contributed by atoms with Crippen LogP contribution in [-0.2, 0) is 6.54 Å². The average Bonchev–Trinajstić information content (AvgIpc) is 3.02. The van der Waals surface area contributed by atoms with Gasteiger partial charge in [0, 0.05) is 24.5 Å². The number of aromatic nitrogens is 3. The highest BCUT2D eigenvalue weighted by Crippen LogP contribution is 2.71. The molecule has 0 aliphatic heterocycles. The molecule has 2 aromatic heterocycles. The molecular weight excluding hydrogens is 404 g/mol.